The molecule has 0 saturated carbocycles. The molecule has 1 aromatic heterocycles. The number of rotatable bonds is 5. The number of aromatic amines is 1. The van der Waals surface area contributed by atoms with E-state index >= 15 is 0 Å². The van der Waals surface area contributed by atoms with Gasteiger partial charge in [-0.2, -0.15) is 0 Å². The zero-order valence-electron chi connectivity index (χ0n) is 13.1. The molecule has 24 heavy (non-hydrogen) atoms. The first-order valence-electron chi connectivity index (χ1n) is 7.59. The molecule has 2 aromatic carbocycles. The molecule has 0 fully saturated rings. The van der Waals surface area contributed by atoms with Gasteiger partial charge in [0, 0.05) is 27.7 Å². The Labute approximate surface area is 144 Å². The van der Waals surface area contributed by atoms with Crippen LogP contribution < -0.4 is 0 Å². The Morgan fingerprint density at radius 2 is 1.96 bits per heavy atom. The van der Waals surface area contributed by atoms with Crippen molar-refractivity contribution >= 4 is 34.3 Å². The molecule has 122 valence electrons. The van der Waals surface area contributed by atoms with Crippen LogP contribution in [0.2, 0.25) is 5.02 Å². The number of H-pyrrole nitrogens is 1. The predicted octanol–water partition coefficient (Wildman–Crippen LogP) is 4.18. The first-order valence-corrected chi connectivity index (χ1v) is 7.96. The maximum absolute atomic E-state index is 12.3. The largest absolute Gasteiger partial charge is 0.454 e. The number of hydrogen-bond acceptors (Lipinski definition) is 3. The average molecular weight is 342 g/mol. The lowest BCUT2D eigenvalue weighted by Crippen LogP contribution is -2.25. The molecule has 0 unspecified atom stereocenters. The minimum Gasteiger partial charge on any atom is -0.454 e. The van der Waals surface area contributed by atoms with Gasteiger partial charge < -0.3 is 9.72 Å². The molecule has 1 N–H and O–H groups in total. The number of carbonyl (C=O) groups excluding carboxylic acids is 2. The van der Waals surface area contributed by atoms with Crippen LogP contribution in [-0.4, -0.2) is 22.8 Å². The van der Waals surface area contributed by atoms with Crippen molar-refractivity contribution in [3.63, 3.8) is 0 Å². The number of halogens is 1. The highest BCUT2D eigenvalue weighted by Crippen LogP contribution is 2.19. The Morgan fingerprint density at radius 3 is 2.75 bits per heavy atom. The number of para-hydroxylation sites is 1. The molecule has 0 aliphatic rings. The summed E-state index contributed by atoms with van der Waals surface area (Å²) in [4.78, 5) is 27.6. The molecule has 1 heterocycles. The van der Waals surface area contributed by atoms with Gasteiger partial charge in [-0.05, 0) is 30.7 Å². The quantitative estimate of drug-likeness (QED) is 0.559. The highest BCUT2D eigenvalue weighted by molar-refractivity contribution is 6.31. The molecule has 3 rings (SSSR count). The standard InChI is InChI=1S/C19H16ClNO3/c1-12(19(23)13-5-4-6-15(20)9-13)24-18(22)10-14-11-21-17-8-3-2-7-16(14)17/h2-9,11-12,21H,10H2,1H3/t12-/m0/s1. The van der Waals surface area contributed by atoms with Crippen molar-refractivity contribution in [1.82, 2.24) is 4.98 Å². The second kappa shape index (κ2) is 6.89. The van der Waals surface area contributed by atoms with Gasteiger partial charge in [0.05, 0.1) is 6.42 Å². The monoisotopic (exact) mass is 341 g/mol. The van der Waals surface area contributed by atoms with Crippen molar-refractivity contribution in [2.45, 2.75) is 19.4 Å². The number of aromatic nitrogens is 1. The van der Waals surface area contributed by atoms with E-state index in [0.717, 1.165) is 16.5 Å². The zero-order valence-corrected chi connectivity index (χ0v) is 13.8. The first kappa shape index (κ1) is 16.3. The number of ketones is 1. The predicted molar refractivity (Wildman–Crippen MR) is 93.3 cm³/mol. The molecule has 1 atom stereocenters. The van der Waals surface area contributed by atoms with E-state index in [0.29, 0.717) is 10.6 Å². The fourth-order valence-corrected chi connectivity index (χ4v) is 2.79. The van der Waals surface area contributed by atoms with E-state index in [1.54, 1.807) is 37.4 Å². The summed E-state index contributed by atoms with van der Waals surface area (Å²) in [6.45, 7) is 1.57. The summed E-state index contributed by atoms with van der Waals surface area (Å²) in [5.74, 6) is -0.715. The molecule has 3 aromatic rings. The molecule has 5 heteroatoms. The van der Waals surface area contributed by atoms with Crippen LogP contribution in [0.1, 0.15) is 22.8 Å². The Kier molecular flexibility index (Phi) is 4.67. The Hall–Kier alpha value is -2.59. The normalized spacial score (nSPS) is 12.1. The average Bonchev–Trinajstić information content (AvgIpc) is 2.97. The number of ether oxygens (including phenoxy) is 1. The minimum atomic E-state index is -0.860. The lowest BCUT2D eigenvalue weighted by molar-refractivity contribution is -0.145. The molecular formula is C19H16ClNO3. The highest BCUT2D eigenvalue weighted by Gasteiger charge is 2.20. The third kappa shape index (κ3) is 3.49. The summed E-state index contributed by atoms with van der Waals surface area (Å²) in [7, 11) is 0. The summed E-state index contributed by atoms with van der Waals surface area (Å²) < 4.78 is 5.28. The molecule has 0 bridgehead atoms. The highest BCUT2D eigenvalue weighted by atomic mass is 35.5. The van der Waals surface area contributed by atoms with Gasteiger partial charge >= 0.3 is 5.97 Å². The maximum atomic E-state index is 12.3. The molecule has 0 amide bonds. The van der Waals surface area contributed by atoms with E-state index < -0.39 is 12.1 Å². The van der Waals surface area contributed by atoms with Crippen molar-refractivity contribution in [1.29, 1.82) is 0 Å². The van der Waals surface area contributed by atoms with Gasteiger partial charge in [-0.3, -0.25) is 9.59 Å². The van der Waals surface area contributed by atoms with E-state index in [9.17, 15) is 9.59 Å². The van der Waals surface area contributed by atoms with Gasteiger partial charge in [-0.1, -0.05) is 41.9 Å². The van der Waals surface area contributed by atoms with E-state index in [2.05, 4.69) is 4.98 Å². The van der Waals surface area contributed by atoms with Crippen LogP contribution in [0.5, 0.6) is 0 Å². The van der Waals surface area contributed by atoms with Gasteiger partial charge in [-0.25, -0.2) is 0 Å². The fourth-order valence-electron chi connectivity index (χ4n) is 2.60. The van der Waals surface area contributed by atoms with Crippen LogP contribution >= 0.6 is 11.6 Å². The summed E-state index contributed by atoms with van der Waals surface area (Å²) in [6, 6.07) is 14.3. The lowest BCUT2D eigenvalue weighted by atomic mass is 10.1. The number of hydrogen-bond donors (Lipinski definition) is 1. The lowest BCUT2D eigenvalue weighted by Gasteiger charge is -2.12. The van der Waals surface area contributed by atoms with Crippen LogP contribution in [0.15, 0.2) is 54.7 Å². The number of esters is 1. The zero-order chi connectivity index (χ0) is 17.1. The maximum Gasteiger partial charge on any atom is 0.311 e. The Bertz CT molecular complexity index is 900. The van der Waals surface area contributed by atoms with Gasteiger partial charge in [0.1, 0.15) is 0 Å². The van der Waals surface area contributed by atoms with Crippen molar-refractivity contribution in [2.75, 3.05) is 0 Å². The Balaban J connectivity index is 1.67. The van der Waals surface area contributed by atoms with E-state index in [1.165, 1.54) is 0 Å². The van der Waals surface area contributed by atoms with Gasteiger partial charge in [-0.15, -0.1) is 0 Å². The number of carbonyl (C=O) groups is 2. The number of fused-ring (bicyclic) bond motifs is 1. The SMILES string of the molecule is C[C@H](OC(=O)Cc1c[nH]c2ccccc12)C(=O)c1cccc(Cl)c1. The second-order valence-corrected chi connectivity index (χ2v) is 5.98. The molecule has 0 aliphatic heterocycles. The number of Topliss-reactive ketones (excluding diaryl/α,β-unsaturated/α-hetero) is 1. The van der Waals surface area contributed by atoms with Crippen molar-refractivity contribution in [3.05, 3.63) is 70.9 Å². The minimum absolute atomic E-state index is 0.108. The smallest absolute Gasteiger partial charge is 0.311 e. The summed E-state index contributed by atoms with van der Waals surface area (Å²) >= 11 is 5.89. The Morgan fingerprint density at radius 1 is 1.17 bits per heavy atom. The number of nitrogens with one attached hydrogen (secondary N) is 1. The second-order valence-electron chi connectivity index (χ2n) is 5.54. The molecule has 0 saturated heterocycles. The summed E-state index contributed by atoms with van der Waals surface area (Å²) in [6.07, 6.45) is 1.04. The molecular weight excluding hydrogens is 326 g/mol. The van der Waals surface area contributed by atoms with E-state index in [4.69, 9.17) is 16.3 Å². The summed E-state index contributed by atoms with van der Waals surface area (Å²) in [5.41, 5.74) is 2.23. The molecule has 0 spiro atoms. The third-order valence-electron chi connectivity index (χ3n) is 3.80. The first-order chi connectivity index (χ1) is 11.5. The van der Waals surface area contributed by atoms with Crippen LogP contribution in [-0.2, 0) is 16.0 Å². The van der Waals surface area contributed by atoms with E-state index in [1.807, 2.05) is 24.3 Å². The van der Waals surface area contributed by atoms with Crippen molar-refractivity contribution in [3.8, 4) is 0 Å². The van der Waals surface area contributed by atoms with E-state index in [-0.39, 0.29) is 12.2 Å². The molecule has 4 nitrogen and oxygen atoms in total. The van der Waals surface area contributed by atoms with Crippen LogP contribution in [0.4, 0.5) is 0 Å². The van der Waals surface area contributed by atoms with Crippen LogP contribution in [0.25, 0.3) is 10.9 Å². The number of benzene rings is 2. The van der Waals surface area contributed by atoms with Crippen molar-refractivity contribution in [2.24, 2.45) is 0 Å². The topological polar surface area (TPSA) is 59.2 Å². The van der Waals surface area contributed by atoms with Gasteiger partial charge in [0.2, 0.25) is 5.78 Å². The van der Waals surface area contributed by atoms with Crippen molar-refractivity contribution < 1.29 is 14.3 Å². The molecule has 0 radical (unpaired) electrons. The van der Waals surface area contributed by atoms with Gasteiger partial charge in [0.25, 0.3) is 0 Å². The van der Waals surface area contributed by atoms with Crippen LogP contribution in [0, 0.1) is 0 Å². The molecule has 0 aliphatic carbocycles. The summed E-state index contributed by atoms with van der Waals surface area (Å²) in [5, 5.41) is 1.45. The third-order valence-corrected chi connectivity index (χ3v) is 4.03. The van der Waals surface area contributed by atoms with Crippen LogP contribution in [0.3, 0.4) is 0 Å². The fraction of sp³-hybridized carbons (Fsp3) is 0.158. The van der Waals surface area contributed by atoms with Gasteiger partial charge in [0.15, 0.2) is 6.10 Å².